The summed E-state index contributed by atoms with van der Waals surface area (Å²) in [6, 6.07) is 8.58. The number of rotatable bonds is 8. The van der Waals surface area contributed by atoms with Crippen molar-refractivity contribution in [3.05, 3.63) is 53.9 Å². The zero-order chi connectivity index (χ0) is 22.6. The topological polar surface area (TPSA) is 143 Å². The fourth-order valence-electron chi connectivity index (χ4n) is 2.53. The molecule has 1 aromatic carbocycles. The Labute approximate surface area is 185 Å². The van der Waals surface area contributed by atoms with Gasteiger partial charge in [-0.2, -0.15) is 0 Å². The molecule has 164 valence electrons. The highest BCUT2D eigenvalue weighted by Gasteiger charge is 2.21. The van der Waals surface area contributed by atoms with E-state index in [0.29, 0.717) is 16.7 Å². The maximum atomic E-state index is 12.5. The molecule has 0 bridgehead atoms. The summed E-state index contributed by atoms with van der Waals surface area (Å²) < 4.78 is 51.6. The molecular formula is C18H19ClN6O4S2. The molecule has 2 heterocycles. The van der Waals surface area contributed by atoms with Crippen molar-refractivity contribution in [2.24, 2.45) is 0 Å². The van der Waals surface area contributed by atoms with Crippen molar-refractivity contribution in [2.45, 2.75) is 16.7 Å². The second-order valence-corrected chi connectivity index (χ2v) is 10.7. The zero-order valence-electron chi connectivity index (χ0n) is 16.5. The second-order valence-electron chi connectivity index (χ2n) is 6.17. The van der Waals surface area contributed by atoms with Gasteiger partial charge in [0, 0.05) is 12.3 Å². The minimum absolute atomic E-state index is 0.0439. The van der Waals surface area contributed by atoms with Gasteiger partial charge < -0.3 is 10.6 Å². The molecule has 3 aromatic rings. The molecule has 0 spiro atoms. The summed E-state index contributed by atoms with van der Waals surface area (Å²) in [7, 11) is -6.15. The van der Waals surface area contributed by atoms with Crippen LogP contribution in [0, 0.1) is 0 Å². The summed E-state index contributed by atoms with van der Waals surface area (Å²) in [5.74, 6) is 0.966. The average Bonchev–Trinajstić information content (AvgIpc) is 2.75. The highest BCUT2D eigenvalue weighted by molar-refractivity contribution is 7.91. The van der Waals surface area contributed by atoms with E-state index >= 15 is 0 Å². The van der Waals surface area contributed by atoms with E-state index in [1.807, 2.05) is 0 Å². The van der Waals surface area contributed by atoms with E-state index < -0.39 is 19.9 Å². The van der Waals surface area contributed by atoms with Crippen LogP contribution < -0.4 is 15.4 Å². The Kier molecular flexibility index (Phi) is 6.74. The van der Waals surface area contributed by atoms with Gasteiger partial charge in [0.2, 0.25) is 10.0 Å². The van der Waals surface area contributed by atoms with Gasteiger partial charge in [0.05, 0.1) is 26.3 Å². The molecule has 0 saturated heterocycles. The molecule has 0 fully saturated rings. The Bertz CT molecular complexity index is 1300. The van der Waals surface area contributed by atoms with E-state index in [2.05, 4.69) is 30.3 Å². The number of halogens is 1. The van der Waals surface area contributed by atoms with Gasteiger partial charge in [-0.1, -0.05) is 18.5 Å². The quantitative estimate of drug-likeness (QED) is 0.441. The lowest BCUT2D eigenvalue weighted by Gasteiger charge is -2.14. The van der Waals surface area contributed by atoms with Gasteiger partial charge in [0.25, 0.3) is 0 Å². The Balaban J connectivity index is 1.98. The standard InChI is InChI=1S/C18H19ClN6O4S2/c1-3-30(26,27)15-6-5-13(31(28,29)20-2)8-14(15)24-17-9-18(23-11-22-17)25-16-7-4-12(19)10-21-16/h4-11,20H,3H2,1-2H3,(H2,21,22,23,24,25). The van der Waals surface area contributed by atoms with Crippen molar-refractivity contribution in [3.63, 3.8) is 0 Å². The van der Waals surface area contributed by atoms with E-state index in [4.69, 9.17) is 11.6 Å². The predicted molar refractivity (Wildman–Crippen MR) is 118 cm³/mol. The van der Waals surface area contributed by atoms with Gasteiger partial charge in [-0.3, -0.25) is 0 Å². The predicted octanol–water partition coefficient (Wildman–Crippen LogP) is 2.71. The maximum absolute atomic E-state index is 12.5. The summed E-state index contributed by atoms with van der Waals surface area (Å²) in [5, 5.41) is 6.34. The first-order valence-electron chi connectivity index (χ1n) is 8.92. The third kappa shape index (κ3) is 5.47. The van der Waals surface area contributed by atoms with Gasteiger partial charge in [-0.15, -0.1) is 0 Å². The lowest BCUT2D eigenvalue weighted by Crippen LogP contribution is -2.19. The van der Waals surface area contributed by atoms with Crippen LogP contribution in [-0.2, 0) is 19.9 Å². The van der Waals surface area contributed by atoms with Crippen LogP contribution >= 0.6 is 11.6 Å². The van der Waals surface area contributed by atoms with Crippen molar-refractivity contribution < 1.29 is 16.8 Å². The Morgan fingerprint density at radius 3 is 2.23 bits per heavy atom. The minimum Gasteiger partial charge on any atom is -0.339 e. The summed E-state index contributed by atoms with van der Waals surface area (Å²) in [6.45, 7) is 1.50. The van der Waals surface area contributed by atoms with Crippen molar-refractivity contribution in [2.75, 3.05) is 23.4 Å². The van der Waals surface area contributed by atoms with Crippen LogP contribution in [0.4, 0.5) is 23.1 Å². The number of nitrogens with one attached hydrogen (secondary N) is 3. The molecule has 0 unspecified atom stereocenters. The first-order chi connectivity index (χ1) is 14.6. The largest absolute Gasteiger partial charge is 0.339 e. The zero-order valence-corrected chi connectivity index (χ0v) is 18.9. The molecule has 2 aromatic heterocycles. The summed E-state index contributed by atoms with van der Waals surface area (Å²) >= 11 is 5.83. The van der Waals surface area contributed by atoms with E-state index in [1.54, 1.807) is 12.1 Å². The maximum Gasteiger partial charge on any atom is 0.240 e. The van der Waals surface area contributed by atoms with Gasteiger partial charge in [-0.25, -0.2) is 36.5 Å². The molecule has 0 atom stereocenters. The Hall–Kier alpha value is -2.80. The number of hydrogen-bond acceptors (Lipinski definition) is 9. The van der Waals surface area contributed by atoms with Gasteiger partial charge in [0.1, 0.15) is 23.8 Å². The van der Waals surface area contributed by atoms with Crippen LogP contribution in [0.15, 0.2) is 58.7 Å². The second kappa shape index (κ2) is 9.14. The van der Waals surface area contributed by atoms with Crippen LogP contribution in [0.25, 0.3) is 0 Å². The van der Waals surface area contributed by atoms with Crippen LogP contribution in [0.2, 0.25) is 5.02 Å². The number of pyridine rings is 1. The van der Waals surface area contributed by atoms with Gasteiger partial charge in [0.15, 0.2) is 9.84 Å². The molecule has 13 heteroatoms. The molecule has 0 saturated carbocycles. The summed E-state index contributed by atoms with van der Waals surface area (Å²) in [6.07, 6.45) is 2.74. The fourth-order valence-corrected chi connectivity index (χ4v) is 4.43. The first kappa shape index (κ1) is 22.9. The molecule has 0 aliphatic carbocycles. The van der Waals surface area contributed by atoms with E-state index in [0.717, 1.165) is 0 Å². The van der Waals surface area contributed by atoms with E-state index in [-0.39, 0.29) is 27.0 Å². The third-order valence-corrected chi connectivity index (χ3v) is 7.58. The molecule has 31 heavy (non-hydrogen) atoms. The number of sulfone groups is 1. The number of nitrogens with zero attached hydrogens (tertiary/aromatic N) is 3. The van der Waals surface area contributed by atoms with Gasteiger partial charge >= 0.3 is 0 Å². The third-order valence-electron chi connectivity index (χ3n) is 4.16. The first-order valence-corrected chi connectivity index (χ1v) is 12.4. The van der Waals surface area contributed by atoms with Crippen molar-refractivity contribution in [3.8, 4) is 0 Å². The van der Waals surface area contributed by atoms with Gasteiger partial charge in [-0.05, 0) is 37.4 Å². The molecule has 3 rings (SSSR count). The number of benzene rings is 1. The SMILES string of the molecule is CCS(=O)(=O)c1ccc(S(=O)(=O)NC)cc1Nc1cc(Nc2ccc(Cl)cn2)ncn1. The smallest absolute Gasteiger partial charge is 0.240 e. The highest BCUT2D eigenvalue weighted by Crippen LogP contribution is 2.29. The number of anilines is 4. The number of sulfonamides is 1. The van der Waals surface area contributed by atoms with Crippen molar-refractivity contribution >= 4 is 54.6 Å². The monoisotopic (exact) mass is 482 g/mol. The molecular weight excluding hydrogens is 464 g/mol. The molecule has 3 N–H and O–H groups in total. The lowest BCUT2D eigenvalue weighted by molar-refractivity contribution is 0.587. The Morgan fingerprint density at radius 2 is 1.61 bits per heavy atom. The minimum atomic E-state index is -3.78. The number of hydrogen-bond donors (Lipinski definition) is 3. The van der Waals surface area contributed by atoms with Crippen molar-refractivity contribution in [1.29, 1.82) is 0 Å². The molecule has 10 nitrogen and oxygen atoms in total. The van der Waals surface area contributed by atoms with Crippen LogP contribution in [0.1, 0.15) is 6.92 Å². The lowest BCUT2D eigenvalue weighted by atomic mass is 10.3. The normalized spacial score (nSPS) is 11.8. The van der Waals surface area contributed by atoms with Crippen LogP contribution in [0.3, 0.4) is 0 Å². The molecule has 0 aliphatic rings. The van der Waals surface area contributed by atoms with Crippen molar-refractivity contribution in [1.82, 2.24) is 19.7 Å². The molecule has 0 amide bonds. The van der Waals surface area contributed by atoms with E-state index in [9.17, 15) is 16.8 Å². The van der Waals surface area contributed by atoms with E-state index in [1.165, 1.54) is 50.8 Å². The summed E-state index contributed by atoms with van der Waals surface area (Å²) in [5.41, 5.74) is 0.0763. The highest BCUT2D eigenvalue weighted by atomic mass is 35.5. The average molecular weight is 483 g/mol. The van der Waals surface area contributed by atoms with Crippen LogP contribution in [-0.4, -0.2) is 44.6 Å². The summed E-state index contributed by atoms with van der Waals surface area (Å²) in [4.78, 5) is 12.2. The van der Waals surface area contributed by atoms with Crippen LogP contribution in [0.5, 0.6) is 0 Å². The molecule has 0 radical (unpaired) electrons. The number of aromatic nitrogens is 3. The fraction of sp³-hybridized carbons (Fsp3) is 0.167. The Morgan fingerprint density at radius 1 is 0.903 bits per heavy atom. The molecule has 0 aliphatic heterocycles.